The number of ether oxygens (including phenoxy) is 1. The Hall–Kier alpha value is -0.0231. The van der Waals surface area contributed by atoms with E-state index in [-0.39, 0.29) is 0 Å². The zero-order valence-electron chi connectivity index (χ0n) is 15.5. The lowest BCUT2D eigenvalue weighted by Crippen LogP contribution is -2.40. The number of aliphatic hydroxyl groups is 1. The van der Waals surface area contributed by atoms with E-state index in [2.05, 4.69) is 26.1 Å². The van der Waals surface area contributed by atoms with Crippen LogP contribution in [0.3, 0.4) is 0 Å². The van der Waals surface area contributed by atoms with Crippen molar-refractivity contribution in [3.8, 4) is 0 Å². The first-order valence-electron chi connectivity index (χ1n) is 8.68. The Bertz CT molecular complexity index is 279. The molecule has 0 aliphatic carbocycles. The summed E-state index contributed by atoms with van der Waals surface area (Å²) in [6.45, 7) is 7.94. The predicted molar refractivity (Wildman–Crippen MR) is 94.4 cm³/mol. The Morgan fingerprint density at radius 3 is 2.39 bits per heavy atom. The van der Waals surface area contributed by atoms with E-state index in [9.17, 15) is 9.90 Å². The monoisotopic (exact) mass is 351 g/mol. The van der Waals surface area contributed by atoms with Crippen molar-refractivity contribution in [3.63, 3.8) is 0 Å². The SMILES string of the molecule is CCCC(C)CC(C)NCC(O)COCCC[Si](O)(OC)OC. The highest BCUT2D eigenvalue weighted by atomic mass is 28.4. The third-order valence-electron chi connectivity index (χ3n) is 3.97. The Balaban J connectivity index is 3.66. The number of nitrogens with one attached hydrogen (secondary N) is 1. The molecular weight excluding hydrogens is 314 g/mol. The molecule has 0 radical (unpaired) electrons. The van der Waals surface area contributed by atoms with E-state index >= 15 is 0 Å². The van der Waals surface area contributed by atoms with E-state index in [1.807, 2.05) is 0 Å². The maximum Gasteiger partial charge on any atom is 0.497 e. The molecule has 23 heavy (non-hydrogen) atoms. The molecule has 0 amide bonds. The molecule has 0 aromatic rings. The van der Waals surface area contributed by atoms with E-state index in [4.69, 9.17) is 13.6 Å². The van der Waals surface area contributed by atoms with Gasteiger partial charge >= 0.3 is 8.80 Å². The average Bonchev–Trinajstić information content (AvgIpc) is 2.52. The van der Waals surface area contributed by atoms with Crippen molar-refractivity contribution in [2.75, 3.05) is 34.0 Å². The van der Waals surface area contributed by atoms with Gasteiger partial charge in [-0.3, -0.25) is 0 Å². The van der Waals surface area contributed by atoms with E-state index in [1.54, 1.807) is 0 Å². The summed E-state index contributed by atoms with van der Waals surface area (Å²) in [6.07, 6.45) is 3.72. The Labute approximate surface area is 142 Å². The van der Waals surface area contributed by atoms with Gasteiger partial charge in [-0.15, -0.1) is 0 Å². The van der Waals surface area contributed by atoms with E-state index in [0.29, 0.717) is 44.2 Å². The van der Waals surface area contributed by atoms with Gasteiger partial charge in [0.1, 0.15) is 0 Å². The zero-order valence-corrected chi connectivity index (χ0v) is 16.5. The van der Waals surface area contributed by atoms with Crippen molar-refractivity contribution < 1.29 is 23.5 Å². The van der Waals surface area contributed by atoms with Crippen LogP contribution in [0, 0.1) is 5.92 Å². The second kappa shape index (κ2) is 13.3. The minimum Gasteiger partial charge on any atom is -0.390 e. The maximum atomic E-state index is 9.91. The summed E-state index contributed by atoms with van der Waals surface area (Å²) in [7, 11) is -0.0764. The molecule has 0 spiro atoms. The minimum absolute atomic E-state index is 0.296. The standard InChI is InChI=1S/C16H37NO5Si/c1-6-8-14(2)11-15(3)17-12-16(18)13-22-9-7-10-23(19,20-4)21-5/h14-19H,6-13H2,1-5H3. The molecular formula is C16H37NO5Si. The summed E-state index contributed by atoms with van der Waals surface area (Å²) in [6, 6.07) is 0.858. The molecule has 0 saturated carbocycles. The second-order valence-electron chi connectivity index (χ2n) is 6.39. The molecule has 3 unspecified atom stereocenters. The third-order valence-corrected chi connectivity index (χ3v) is 6.23. The largest absolute Gasteiger partial charge is 0.497 e. The van der Waals surface area contributed by atoms with Crippen LogP contribution < -0.4 is 5.32 Å². The maximum absolute atomic E-state index is 9.91. The van der Waals surface area contributed by atoms with Gasteiger partial charge in [-0.2, -0.15) is 0 Å². The topological polar surface area (TPSA) is 80.2 Å². The van der Waals surface area contributed by atoms with E-state index in [0.717, 1.165) is 6.42 Å². The highest BCUT2D eigenvalue weighted by molar-refractivity contribution is 6.59. The molecule has 0 bridgehead atoms. The van der Waals surface area contributed by atoms with Crippen LogP contribution in [0.1, 0.15) is 46.5 Å². The average molecular weight is 352 g/mol. The first-order chi connectivity index (χ1) is 10.9. The highest BCUT2D eigenvalue weighted by Gasteiger charge is 2.33. The first kappa shape index (κ1) is 23.0. The molecule has 0 fully saturated rings. The van der Waals surface area contributed by atoms with Gasteiger partial charge in [-0.25, -0.2) is 0 Å². The molecule has 0 heterocycles. The minimum atomic E-state index is -2.98. The van der Waals surface area contributed by atoms with Crippen LogP contribution >= 0.6 is 0 Å². The summed E-state index contributed by atoms with van der Waals surface area (Å²) in [5.41, 5.74) is 0. The fraction of sp³-hybridized carbons (Fsp3) is 1.00. The van der Waals surface area contributed by atoms with Gasteiger partial charge in [0.25, 0.3) is 0 Å². The lowest BCUT2D eigenvalue weighted by Gasteiger charge is -2.21. The number of rotatable bonds is 15. The zero-order chi connectivity index (χ0) is 17.7. The molecule has 3 N–H and O–H groups in total. The molecule has 3 atom stereocenters. The van der Waals surface area contributed by atoms with Gasteiger partial charge in [0, 0.05) is 39.5 Å². The smallest absolute Gasteiger partial charge is 0.390 e. The quantitative estimate of drug-likeness (QED) is 0.308. The Morgan fingerprint density at radius 1 is 1.17 bits per heavy atom. The normalized spacial score (nSPS) is 16.3. The summed E-state index contributed by atoms with van der Waals surface area (Å²) >= 11 is 0. The van der Waals surface area contributed by atoms with Crippen LogP contribution in [-0.2, 0) is 13.6 Å². The number of hydrogen-bond donors (Lipinski definition) is 3. The van der Waals surface area contributed by atoms with Gasteiger partial charge in [0.2, 0.25) is 0 Å². The molecule has 0 aromatic heterocycles. The third kappa shape index (κ3) is 12.1. The molecule has 0 aliphatic rings. The van der Waals surface area contributed by atoms with Gasteiger partial charge < -0.3 is 28.8 Å². The molecule has 6 nitrogen and oxygen atoms in total. The molecule has 0 rings (SSSR count). The fourth-order valence-electron chi connectivity index (χ4n) is 2.60. The molecule has 0 aliphatic heterocycles. The fourth-order valence-corrected chi connectivity index (χ4v) is 3.76. The van der Waals surface area contributed by atoms with Gasteiger partial charge in [-0.1, -0.05) is 26.7 Å². The van der Waals surface area contributed by atoms with E-state index < -0.39 is 14.9 Å². The van der Waals surface area contributed by atoms with Crippen molar-refractivity contribution in [1.29, 1.82) is 0 Å². The first-order valence-corrected chi connectivity index (χ1v) is 10.7. The molecule has 0 aromatic carbocycles. The Morgan fingerprint density at radius 2 is 1.83 bits per heavy atom. The summed E-state index contributed by atoms with van der Waals surface area (Å²) in [4.78, 5) is 9.87. The number of aliphatic hydroxyl groups excluding tert-OH is 1. The van der Waals surface area contributed by atoms with Crippen molar-refractivity contribution >= 4 is 8.80 Å². The molecule has 7 heteroatoms. The van der Waals surface area contributed by atoms with Crippen molar-refractivity contribution in [1.82, 2.24) is 5.32 Å². The van der Waals surface area contributed by atoms with Crippen LogP contribution in [0.4, 0.5) is 0 Å². The van der Waals surface area contributed by atoms with Crippen molar-refractivity contribution in [3.05, 3.63) is 0 Å². The van der Waals surface area contributed by atoms with Crippen molar-refractivity contribution in [2.45, 2.75) is 64.6 Å². The van der Waals surface area contributed by atoms with Crippen LogP contribution in [0.25, 0.3) is 0 Å². The van der Waals surface area contributed by atoms with E-state index in [1.165, 1.54) is 27.1 Å². The molecule has 140 valence electrons. The van der Waals surface area contributed by atoms with Gasteiger partial charge in [-0.05, 0) is 25.7 Å². The van der Waals surface area contributed by atoms with Crippen LogP contribution in [0.2, 0.25) is 6.04 Å². The lowest BCUT2D eigenvalue weighted by molar-refractivity contribution is 0.0343. The predicted octanol–water partition coefficient (Wildman–Crippen LogP) is 1.78. The van der Waals surface area contributed by atoms with Gasteiger partial charge in [0.05, 0.1) is 12.7 Å². The van der Waals surface area contributed by atoms with Gasteiger partial charge in [0.15, 0.2) is 0 Å². The van der Waals surface area contributed by atoms with Crippen LogP contribution in [-0.4, -0.2) is 64.8 Å². The summed E-state index contributed by atoms with van der Waals surface area (Å²) in [5.74, 6) is 0.709. The Kier molecular flexibility index (Phi) is 13.3. The summed E-state index contributed by atoms with van der Waals surface area (Å²) < 4.78 is 15.4. The number of hydrogen-bond acceptors (Lipinski definition) is 6. The van der Waals surface area contributed by atoms with Crippen LogP contribution in [0.5, 0.6) is 0 Å². The van der Waals surface area contributed by atoms with Crippen molar-refractivity contribution in [2.24, 2.45) is 5.92 Å². The lowest BCUT2D eigenvalue weighted by atomic mass is 9.98. The highest BCUT2D eigenvalue weighted by Crippen LogP contribution is 2.12. The summed E-state index contributed by atoms with van der Waals surface area (Å²) in [5, 5.41) is 13.3. The second-order valence-corrected chi connectivity index (χ2v) is 9.13. The molecule has 0 saturated heterocycles. The van der Waals surface area contributed by atoms with Crippen LogP contribution in [0.15, 0.2) is 0 Å².